The first-order chi connectivity index (χ1) is 7.88. The van der Waals surface area contributed by atoms with Crippen LogP contribution in [0.3, 0.4) is 0 Å². The van der Waals surface area contributed by atoms with Crippen molar-refractivity contribution >= 4 is 5.91 Å². The molecule has 0 aliphatic heterocycles. The molecule has 0 spiro atoms. The van der Waals surface area contributed by atoms with Crippen molar-refractivity contribution in [2.45, 2.75) is 19.2 Å². The molecule has 1 N–H and O–H groups in total. The van der Waals surface area contributed by atoms with Gasteiger partial charge in [-0.25, -0.2) is 0 Å². The second-order valence-corrected chi connectivity index (χ2v) is 3.41. The predicted molar refractivity (Wildman–Crippen MR) is 55.6 cm³/mol. The van der Waals surface area contributed by atoms with Crippen molar-refractivity contribution in [2.24, 2.45) is 0 Å². The number of para-hydroxylation sites is 1. The molecule has 0 aromatic heterocycles. The van der Waals surface area contributed by atoms with Crippen LogP contribution in [0.4, 0.5) is 13.2 Å². The SMILES string of the molecule is CC(Oc1ccccc1)C(=O)NCC(F)(F)F. The van der Waals surface area contributed by atoms with Gasteiger partial charge in [-0.15, -0.1) is 0 Å². The number of hydrogen-bond acceptors (Lipinski definition) is 2. The lowest BCUT2D eigenvalue weighted by atomic mass is 10.3. The van der Waals surface area contributed by atoms with Gasteiger partial charge < -0.3 is 10.1 Å². The number of nitrogens with one attached hydrogen (secondary N) is 1. The second kappa shape index (κ2) is 5.56. The maximum absolute atomic E-state index is 11.9. The molecule has 0 saturated carbocycles. The van der Waals surface area contributed by atoms with E-state index in [4.69, 9.17) is 4.74 Å². The summed E-state index contributed by atoms with van der Waals surface area (Å²) in [7, 11) is 0. The molecule has 6 heteroatoms. The van der Waals surface area contributed by atoms with Gasteiger partial charge in [0.05, 0.1) is 0 Å². The van der Waals surface area contributed by atoms with Crippen molar-refractivity contribution in [3.8, 4) is 5.75 Å². The van der Waals surface area contributed by atoms with Gasteiger partial charge in [0.25, 0.3) is 5.91 Å². The molecule has 0 aliphatic rings. The Balaban J connectivity index is 2.43. The molecule has 1 aromatic rings. The zero-order valence-electron chi connectivity index (χ0n) is 9.12. The minimum Gasteiger partial charge on any atom is -0.481 e. The number of carbonyl (C=O) groups excluding carboxylic acids is 1. The summed E-state index contributed by atoms with van der Waals surface area (Å²) in [4.78, 5) is 11.3. The zero-order valence-corrected chi connectivity index (χ0v) is 9.12. The highest BCUT2D eigenvalue weighted by Gasteiger charge is 2.29. The smallest absolute Gasteiger partial charge is 0.405 e. The van der Waals surface area contributed by atoms with Crippen molar-refractivity contribution in [1.82, 2.24) is 5.32 Å². The summed E-state index contributed by atoms with van der Waals surface area (Å²) in [5, 5.41) is 1.75. The van der Waals surface area contributed by atoms with Crippen molar-refractivity contribution in [1.29, 1.82) is 0 Å². The molecule has 0 heterocycles. The van der Waals surface area contributed by atoms with E-state index in [1.807, 2.05) is 0 Å². The number of hydrogen-bond donors (Lipinski definition) is 1. The Bertz CT molecular complexity index is 365. The monoisotopic (exact) mass is 247 g/mol. The highest BCUT2D eigenvalue weighted by atomic mass is 19.4. The first-order valence-electron chi connectivity index (χ1n) is 4.94. The van der Waals surface area contributed by atoms with E-state index >= 15 is 0 Å². The summed E-state index contributed by atoms with van der Waals surface area (Å²) in [6.07, 6.45) is -5.39. The summed E-state index contributed by atoms with van der Waals surface area (Å²) in [6, 6.07) is 8.41. The molecular weight excluding hydrogens is 235 g/mol. The van der Waals surface area contributed by atoms with Crippen LogP contribution in [-0.4, -0.2) is 24.7 Å². The quantitative estimate of drug-likeness (QED) is 0.885. The molecule has 1 rings (SSSR count). The molecule has 1 atom stereocenters. The Morgan fingerprint density at radius 2 is 1.94 bits per heavy atom. The molecule has 0 bridgehead atoms. The number of carbonyl (C=O) groups is 1. The van der Waals surface area contributed by atoms with E-state index in [2.05, 4.69) is 0 Å². The van der Waals surface area contributed by atoms with Gasteiger partial charge in [-0.1, -0.05) is 18.2 Å². The van der Waals surface area contributed by atoms with E-state index in [-0.39, 0.29) is 0 Å². The number of ether oxygens (including phenoxy) is 1. The third kappa shape index (κ3) is 5.24. The first kappa shape index (κ1) is 13.3. The van der Waals surface area contributed by atoms with Gasteiger partial charge >= 0.3 is 6.18 Å². The lowest BCUT2D eigenvalue weighted by Gasteiger charge is -2.15. The van der Waals surface area contributed by atoms with E-state index in [1.165, 1.54) is 6.92 Å². The van der Waals surface area contributed by atoms with Gasteiger partial charge in [0, 0.05) is 0 Å². The third-order valence-corrected chi connectivity index (χ3v) is 1.89. The van der Waals surface area contributed by atoms with E-state index in [9.17, 15) is 18.0 Å². The molecule has 0 aliphatic carbocycles. The van der Waals surface area contributed by atoms with Gasteiger partial charge in [0.15, 0.2) is 6.10 Å². The highest BCUT2D eigenvalue weighted by molar-refractivity contribution is 5.80. The van der Waals surface area contributed by atoms with Crippen LogP contribution in [0, 0.1) is 0 Å². The van der Waals surface area contributed by atoms with Crippen molar-refractivity contribution in [3.05, 3.63) is 30.3 Å². The average molecular weight is 247 g/mol. The van der Waals surface area contributed by atoms with Crippen LogP contribution in [0.25, 0.3) is 0 Å². The molecule has 1 amide bonds. The van der Waals surface area contributed by atoms with Crippen LogP contribution in [0.15, 0.2) is 30.3 Å². The maximum Gasteiger partial charge on any atom is 0.405 e. The minimum absolute atomic E-state index is 0.433. The van der Waals surface area contributed by atoms with Crippen molar-refractivity contribution in [3.63, 3.8) is 0 Å². The maximum atomic E-state index is 11.9. The van der Waals surface area contributed by atoms with Crippen molar-refractivity contribution < 1.29 is 22.7 Å². The molecule has 0 radical (unpaired) electrons. The van der Waals surface area contributed by atoms with Gasteiger partial charge in [-0.05, 0) is 19.1 Å². The number of halogens is 3. The summed E-state index contributed by atoms with van der Waals surface area (Å²) in [5.74, 6) is -0.367. The molecule has 1 unspecified atom stereocenters. The fourth-order valence-electron chi connectivity index (χ4n) is 1.09. The predicted octanol–water partition coefficient (Wildman–Crippen LogP) is 2.13. The number of rotatable bonds is 4. The average Bonchev–Trinajstić information content (AvgIpc) is 2.26. The highest BCUT2D eigenvalue weighted by Crippen LogP contribution is 2.13. The van der Waals surface area contributed by atoms with E-state index in [0.29, 0.717) is 5.75 Å². The Morgan fingerprint density at radius 3 is 2.47 bits per heavy atom. The van der Waals surface area contributed by atoms with Gasteiger partial charge in [-0.2, -0.15) is 13.2 Å². The van der Waals surface area contributed by atoms with Gasteiger partial charge in [-0.3, -0.25) is 4.79 Å². The second-order valence-electron chi connectivity index (χ2n) is 3.41. The number of alkyl halides is 3. The topological polar surface area (TPSA) is 38.3 Å². The van der Waals surface area contributed by atoms with Gasteiger partial charge in [0.1, 0.15) is 12.3 Å². The summed E-state index contributed by atoms with van der Waals surface area (Å²) < 4.78 is 40.7. The van der Waals surface area contributed by atoms with Crippen LogP contribution in [0.2, 0.25) is 0 Å². The third-order valence-electron chi connectivity index (χ3n) is 1.89. The van der Waals surface area contributed by atoms with E-state index < -0.39 is 24.7 Å². The van der Waals surface area contributed by atoms with Crippen LogP contribution in [0.1, 0.15) is 6.92 Å². The minimum atomic E-state index is -4.41. The van der Waals surface area contributed by atoms with Crippen LogP contribution in [-0.2, 0) is 4.79 Å². The molecule has 1 aromatic carbocycles. The lowest BCUT2D eigenvalue weighted by molar-refractivity contribution is -0.142. The van der Waals surface area contributed by atoms with Gasteiger partial charge in [0.2, 0.25) is 0 Å². The lowest BCUT2D eigenvalue weighted by Crippen LogP contribution is -2.41. The molecule has 94 valence electrons. The fourth-order valence-corrected chi connectivity index (χ4v) is 1.09. The van der Waals surface area contributed by atoms with Crippen molar-refractivity contribution in [2.75, 3.05) is 6.54 Å². The summed E-state index contributed by atoms with van der Waals surface area (Å²) in [6.45, 7) is 0.0348. The standard InChI is InChI=1S/C11H12F3NO2/c1-8(10(16)15-7-11(12,13)14)17-9-5-3-2-4-6-9/h2-6,8H,7H2,1H3,(H,15,16). The molecule has 17 heavy (non-hydrogen) atoms. The van der Waals surface area contributed by atoms with Crippen LogP contribution in [0.5, 0.6) is 5.75 Å². The summed E-state index contributed by atoms with van der Waals surface area (Å²) in [5.41, 5.74) is 0. The summed E-state index contributed by atoms with van der Waals surface area (Å²) >= 11 is 0. The van der Waals surface area contributed by atoms with E-state index in [1.54, 1.807) is 35.6 Å². The molecular formula is C11H12F3NO2. The Hall–Kier alpha value is -1.72. The molecule has 0 fully saturated rings. The van der Waals surface area contributed by atoms with Crippen LogP contribution >= 0.6 is 0 Å². The molecule has 3 nitrogen and oxygen atoms in total. The number of benzene rings is 1. The zero-order chi connectivity index (χ0) is 12.9. The normalized spacial score (nSPS) is 12.9. The molecule has 0 saturated heterocycles. The largest absolute Gasteiger partial charge is 0.481 e. The number of amides is 1. The van der Waals surface area contributed by atoms with E-state index in [0.717, 1.165) is 0 Å². The Kier molecular flexibility index (Phi) is 4.37. The fraction of sp³-hybridized carbons (Fsp3) is 0.364. The first-order valence-corrected chi connectivity index (χ1v) is 4.94. The van der Waals surface area contributed by atoms with Crippen LogP contribution < -0.4 is 10.1 Å². The Labute approximate surface area is 96.6 Å². The Morgan fingerprint density at radius 1 is 1.35 bits per heavy atom.